The number of carboxylic acids is 2. The minimum atomic E-state index is -1.71. The summed E-state index contributed by atoms with van der Waals surface area (Å²) in [4.78, 5) is 21.8. The number of rotatable bonds is 14. The highest BCUT2D eigenvalue weighted by Crippen LogP contribution is 2.21. The molecule has 5 N–H and O–H groups in total. The van der Waals surface area contributed by atoms with Crippen molar-refractivity contribution >= 4 is 11.9 Å². The van der Waals surface area contributed by atoms with Crippen molar-refractivity contribution < 1.29 is 44.6 Å². The molecular formula is C16H30O9. The van der Waals surface area contributed by atoms with E-state index in [4.69, 9.17) is 19.7 Å². The molecule has 5 atom stereocenters. The summed E-state index contributed by atoms with van der Waals surface area (Å²) >= 11 is 0. The van der Waals surface area contributed by atoms with Crippen LogP contribution in [0.5, 0.6) is 0 Å². The summed E-state index contributed by atoms with van der Waals surface area (Å²) in [6.45, 7) is 3.72. The molecule has 0 aliphatic rings. The van der Waals surface area contributed by atoms with Crippen molar-refractivity contribution in [3.05, 3.63) is 0 Å². The van der Waals surface area contributed by atoms with Crippen LogP contribution >= 0.6 is 0 Å². The zero-order valence-electron chi connectivity index (χ0n) is 14.9. The number of ether oxygens (including phenoxy) is 2. The van der Waals surface area contributed by atoms with E-state index in [1.165, 1.54) is 14.0 Å². The molecule has 0 aromatic heterocycles. The van der Waals surface area contributed by atoms with Crippen LogP contribution in [0, 0.1) is 11.8 Å². The third-order valence-corrected chi connectivity index (χ3v) is 4.03. The van der Waals surface area contributed by atoms with Gasteiger partial charge in [-0.2, -0.15) is 0 Å². The molecule has 5 unspecified atom stereocenters. The third-order valence-electron chi connectivity index (χ3n) is 4.03. The first-order valence-corrected chi connectivity index (χ1v) is 8.31. The van der Waals surface area contributed by atoms with Crippen LogP contribution in [0.15, 0.2) is 0 Å². The van der Waals surface area contributed by atoms with Gasteiger partial charge in [-0.1, -0.05) is 26.7 Å². The van der Waals surface area contributed by atoms with Gasteiger partial charge >= 0.3 is 11.9 Å². The number of aliphatic hydroxyl groups excluding tert-OH is 3. The Hall–Kier alpha value is -1.26. The first-order valence-electron chi connectivity index (χ1n) is 8.31. The zero-order valence-corrected chi connectivity index (χ0v) is 14.9. The van der Waals surface area contributed by atoms with Gasteiger partial charge < -0.3 is 35.0 Å². The molecule has 0 fully saturated rings. The van der Waals surface area contributed by atoms with Crippen LogP contribution < -0.4 is 0 Å². The molecule has 0 saturated carbocycles. The average Bonchev–Trinajstić information content (AvgIpc) is 2.57. The number of aliphatic carboxylic acids is 2. The number of unbranched alkanes of at least 4 members (excludes halogenated alkanes) is 2. The van der Waals surface area contributed by atoms with E-state index in [0.717, 1.165) is 19.3 Å². The number of hydrogen-bond acceptors (Lipinski definition) is 7. The maximum atomic E-state index is 10.9. The van der Waals surface area contributed by atoms with Crippen LogP contribution in [0.1, 0.15) is 39.5 Å². The molecule has 0 saturated heterocycles. The largest absolute Gasteiger partial charge is 0.481 e. The van der Waals surface area contributed by atoms with Gasteiger partial charge in [0, 0.05) is 13.7 Å². The van der Waals surface area contributed by atoms with Crippen LogP contribution in [0.3, 0.4) is 0 Å². The van der Waals surface area contributed by atoms with Gasteiger partial charge in [0.2, 0.25) is 0 Å². The quantitative estimate of drug-likeness (QED) is 0.163. The molecule has 25 heavy (non-hydrogen) atoms. The molecule has 0 aliphatic carbocycles. The minimum Gasteiger partial charge on any atom is -0.481 e. The molecule has 0 radical (unpaired) electrons. The van der Waals surface area contributed by atoms with Gasteiger partial charge in [0.15, 0.2) is 12.2 Å². The molecule has 0 bridgehead atoms. The predicted octanol–water partition coefficient (Wildman–Crippen LogP) is 0.0600. The smallest absolute Gasteiger partial charge is 0.317 e. The summed E-state index contributed by atoms with van der Waals surface area (Å²) in [5.74, 6) is -5.66. The van der Waals surface area contributed by atoms with Gasteiger partial charge in [0.1, 0.15) is 12.2 Å². The number of carbonyl (C=O) groups is 2. The van der Waals surface area contributed by atoms with Gasteiger partial charge in [-0.05, 0) is 18.8 Å². The molecular weight excluding hydrogens is 336 g/mol. The van der Waals surface area contributed by atoms with E-state index in [2.05, 4.69) is 0 Å². The Morgan fingerprint density at radius 1 is 0.960 bits per heavy atom. The summed E-state index contributed by atoms with van der Waals surface area (Å²) < 4.78 is 10.3. The van der Waals surface area contributed by atoms with Crippen LogP contribution in [0.2, 0.25) is 0 Å². The summed E-state index contributed by atoms with van der Waals surface area (Å²) in [6, 6.07) is 0. The van der Waals surface area contributed by atoms with Crippen molar-refractivity contribution in [1.82, 2.24) is 0 Å². The normalized spacial score (nSPS) is 17.7. The fourth-order valence-corrected chi connectivity index (χ4v) is 2.38. The highest BCUT2D eigenvalue weighted by Gasteiger charge is 2.37. The van der Waals surface area contributed by atoms with E-state index in [0.29, 0.717) is 6.61 Å². The first kappa shape index (κ1) is 23.7. The lowest BCUT2D eigenvalue weighted by atomic mass is 9.87. The van der Waals surface area contributed by atoms with Gasteiger partial charge in [0.25, 0.3) is 0 Å². The van der Waals surface area contributed by atoms with Crippen molar-refractivity contribution in [2.24, 2.45) is 11.8 Å². The van der Waals surface area contributed by atoms with Gasteiger partial charge in [-0.3, -0.25) is 9.59 Å². The third kappa shape index (κ3) is 8.10. The van der Waals surface area contributed by atoms with Crippen molar-refractivity contribution in [2.45, 2.75) is 64.1 Å². The molecule has 0 spiro atoms. The predicted molar refractivity (Wildman–Crippen MR) is 86.8 cm³/mol. The molecule has 0 aliphatic heterocycles. The maximum absolute atomic E-state index is 10.9. The lowest BCUT2D eigenvalue weighted by molar-refractivity contribution is -0.219. The van der Waals surface area contributed by atoms with E-state index >= 15 is 0 Å². The highest BCUT2D eigenvalue weighted by molar-refractivity contribution is 5.92. The molecule has 0 aromatic rings. The Labute approximate surface area is 147 Å². The van der Waals surface area contributed by atoms with E-state index in [1.54, 1.807) is 0 Å². The van der Waals surface area contributed by atoms with Crippen LogP contribution in [0.4, 0.5) is 0 Å². The number of carboxylic acid groups (broad SMARTS) is 2. The SMILES string of the molecule is CCCCCOC(OC)C(O)C(O)C(O)C(C)CC(C(=O)O)C(=O)O. The Morgan fingerprint density at radius 3 is 1.96 bits per heavy atom. The molecule has 148 valence electrons. The van der Waals surface area contributed by atoms with E-state index < -0.39 is 54.8 Å². The van der Waals surface area contributed by atoms with E-state index in [1.807, 2.05) is 6.92 Å². The van der Waals surface area contributed by atoms with Crippen LogP contribution in [-0.2, 0) is 19.1 Å². The summed E-state index contributed by atoms with van der Waals surface area (Å²) in [5.41, 5.74) is 0. The standard InChI is InChI=1S/C16H30O9/c1-4-5-6-7-25-16(24-3)13(19)12(18)11(17)9(2)8-10(14(20)21)15(22)23/h9-13,16-19H,4-8H2,1-3H3,(H,20,21)(H,22,23). The molecule has 9 heteroatoms. The summed E-state index contributed by atoms with van der Waals surface area (Å²) in [7, 11) is 1.28. The second-order valence-electron chi connectivity index (χ2n) is 6.10. The van der Waals surface area contributed by atoms with Crippen molar-refractivity contribution in [3.8, 4) is 0 Å². The van der Waals surface area contributed by atoms with Gasteiger partial charge in [0.05, 0.1) is 6.10 Å². The number of aliphatic hydroxyl groups is 3. The number of hydrogen-bond donors (Lipinski definition) is 5. The first-order chi connectivity index (χ1) is 11.7. The highest BCUT2D eigenvalue weighted by atomic mass is 16.7. The molecule has 0 aromatic carbocycles. The summed E-state index contributed by atoms with van der Waals surface area (Å²) in [5, 5.41) is 48.1. The minimum absolute atomic E-state index is 0.307. The Bertz CT molecular complexity index is 387. The maximum Gasteiger partial charge on any atom is 0.317 e. The van der Waals surface area contributed by atoms with Crippen molar-refractivity contribution in [3.63, 3.8) is 0 Å². The summed E-state index contributed by atoms with van der Waals surface area (Å²) in [6.07, 6.45) is -3.71. The van der Waals surface area contributed by atoms with Crippen molar-refractivity contribution in [2.75, 3.05) is 13.7 Å². The fraction of sp³-hybridized carbons (Fsp3) is 0.875. The Morgan fingerprint density at radius 2 is 1.52 bits per heavy atom. The van der Waals surface area contributed by atoms with E-state index in [-0.39, 0.29) is 0 Å². The topological polar surface area (TPSA) is 154 Å². The zero-order chi connectivity index (χ0) is 19.6. The molecule has 0 amide bonds. The Balaban J connectivity index is 4.72. The second kappa shape index (κ2) is 12.2. The molecule has 0 heterocycles. The van der Waals surface area contributed by atoms with Gasteiger partial charge in [-0.25, -0.2) is 0 Å². The fourth-order valence-electron chi connectivity index (χ4n) is 2.38. The second-order valence-corrected chi connectivity index (χ2v) is 6.10. The van der Waals surface area contributed by atoms with Crippen LogP contribution in [-0.4, -0.2) is 75.8 Å². The monoisotopic (exact) mass is 366 g/mol. The molecule has 0 rings (SSSR count). The van der Waals surface area contributed by atoms with Crippen molar-refractivity contribution in [1.29, 1.82) is 0 Å². The lowest BCUT2D eigenvalue weighted by Crippen LogP contribution is -2.49. The van der Waals surface area contributed by atoms with Gasteiger partial charge in [-0.15, -0.1) is 0 Å². The van der Waals surface area contributed by atoms with E-state index in [9.17, 15) is 24.9 Å². The molecule has 9 nitrogen and oxygen atoms in total. The average molecular weight is 366 g/mol. The van der Waals surface area contributed by atoms with Crippen LogP contribution in [0.25, 0.3) is 0 Å². The Kier molecular flexibility index (Phi) is 11.5. The number of methoxy groups -OCH3 is 1. The lowest BCUT2D eigenvalue weighted by Gasteiger charge is -2.31.